The summed E-state index contributed by atoms with van der Waals surface area (Å²) in [4.78, 5) is 19.2. The smallest absolute Gasteiger partial charge is 0.154 e. The third-order valence-electron chi connectivity index (χ3n) is 0.557. The molecule has 0 aromatic rings. The Kier molecular flexibility index (Phi) is 4.32. The second-order valence-electron chi connectivity index (χ2n) is 1.19. The van der Waals surface area contributed by atoms with Crippen LogP contribution in [0.4, 0.5) is 0 Å². The first-order chi connectivity index (χ1) is 3.66. The molecule has 1 unspecified atom stereocenters. The van der Waals surface area contributed by atoms with Crippen LogP contribution in [0.1, 0.15) is 13.3 Å². The molecule has 0 bridgehead atoms. The van der Waals surface area contributed by atoms with Gasteiger partial charge in [-0.2, -0.15) is 8.60 Å². The van der Waals surface area contributed by atoms with Gasteiger partial charge in [-0.1, -0.05) is 6.92 Å². The van der Waals surface area contributed by atoms with Crippen molar-refractivity contribution in [3.05, 3.63) is 0 Å². The number of aliphatic hydroxyl groups excluding tert-OH is 1. The van der Waals surface area contributed by atoms with Gasteiger partial charge >= 0.3 is 0 Å². The van der Waals surface area contributed by atoms with E-state index in [0.717, 1.165) is 0 Å². The van der Waals surface area contributed by atoms with E-state index in [1.807, 2.05) is 0 Å². The zero-order valence-corrected chi connectivity index (χ0v) is 5.30. The van der Waals surface area contributed by atoms with Gasteiger partial charge in [0.05, 0.1) is 0 Å². The molecule has 4 nitrogen and oxygen atoms in total. The van der Waals surface area contributed by atoms with Crippen molar-refractivity contribution < 1.29 is 19.4 Å². The van der Waals surface area contributed by atoms with E-state index in [9.17, 15) is 9.79 Å². The summed E-state index contributed by atoms with van der Waals surface area (Å²) in [5, 5.41) is 8.42. The van der Waals surface area contributed by atoms with Gasteiger partial charge in [-0.3, -0.25) is 0 Å². The van der Waals surface area contributed by atoms with E-state index in [1.165, 1.54) is 0 Å². The van der Waals surface area contributed by atoms with E-state index in [1.54, 1.807) is 6.92 Å². The fourth-order valence-corrected chi connectivity index (χ4v) is 0.522. The van der Waals surface area contributed by atoms with E-state index in [4.69, 9.17) is 5.11 Å². The highest BCUT2D eigenvalue weighted by Gasteiger charge is 1.93. The van der Waals surface area contributed by atoms with Gasteiger partial charge in [0.2, 0.25) is 0 Å². The Morgan fingerprint density at radius 1 is 1.75 bits per heavy atom. The molecule has 0 amide bonds. The first-order valence-electron chi connectivity index (χ1n) is 2.16. The van der Waals surface area contributed by atoms with Gasteiger partial charge in [0.15, 0.2) is 6.29 Å². The van der Waals surface area contributed by atoms with Gasteiger partial charge in [0, 0.05) is 0 Å². The van der Waals surface area contributed by atoms with Gasteiger partial charge in [-0.05, 0) is 6.42 Å². The fraction of sp³-hybridized carbons (Fsp3) is 1.00. The quantitative estimate of drug-likeness (QED) is 0.387. The maximum absolute atomic E-state index is 9.62. The molecule has 0 saturated heterocycles. The molecule has 0 radical (unpaired) electrons. The van der Waals surface area contributed by atoms with Crippen LogP contribution in [0.2, 0.25) is 0 Å². The molecule has 1 atom stereocenters. The van der Waals surface area contributed by atoms with E-state index >= 15 is 0 Å². The monoisotopic (exact) mass is 138 g/mol. The van der Waals surface area contributed by atoms with Gasteiger partial charge in [0.25, 0.3) is 0 Å². The Hall–Kier alpha value is 0.270. The first-order valence-corrected chi connectivity index (χ1v) is 3.25. The first kappa shape index (κ1) is 8.27. The summed E-state index contributed by atoms with van der Waals surface area (Å²) >= 11 is 0. The van der Waals surface area contributed by atoms with Gasteiger partial charge < -0.3 is 19.4 Å². The molecule has 0 rings (SSSR count). The second kappa shape index (κ2) is 4.18. The molecule has 0 saturated carbocycles. The van der Waals surface area contributed by atoms with Crippen molar-refractivity contribution in [3.63, 3.8) is 0 Å². The summed E-state index contributed by atoms with van der Waals surface area (Å²) in [5.41, 5.74) is 0. The number of rotatable bonds is 3. The van der Waals surface area contributed by atoms with E-state index < -0.39 is 14.9 Å². The molecule has 0 aliphatic carbocycles. The third kappa shape index (κ3) is 4.43. The number of hydrogen-bond donors (Lipinski definition) is 1. The van der Waals surface area contributed by atoms with Gasteiger partial charge in [-0.15, -0.1) is 0 Å². The lowest BCUT2D eigenvalue weighted by Gasteiger charge is -2.31. The minimum absolute atomic E-state index is 0.281. The van der Waals surface area contributed by atoms with E-state index in [-0.39, 0.29) is 6.42 Å². The van der Waals surface area contributed by atoms with Crippen LogP contribution in [0.3, 0.4) is 0 Å². The molecular weight excluding hydrogens is 131 g/mol. The Bertz CT molecular complexity index is 57.2. The fourth-order valence-electron chi connectivity index (χ4n) is 0.174. The zero-order valence-electron chi connectivity index (χ0n) is 4.40. The van der Waals surface area contributed by atoms with Gasteiger partial charge in [0.1, 0.15) is 0 Å². The zero-order chi connectivity index (χ0) is 6.57. The maximum atomic E-state index is 9.62. The molecule has 50 valence electrons. The average molecular weight is 138 g/mol. The van der Waals surface area contributed by atoms with Crippen molar-refractivity contribution in [2.24, 2.45) is 0 Å². The highest BCUT2D eigenvalue weighted by molar-refractivity contribution is 7.36. The second-order valence-corrected chi connectivity index (χ2v) is 1.85. The predicted octanol–water partition coefficient (Wildman–Crippen LogP) is -1.32. The van der Waals surface area contributed by atoms with Crippen LogP contribution >= 0.6 is 8.60 Å². The van der Waals surface area contributed by atoms with Gasteiger partial charge in [-0.25, -0.2) is 0 Å². The number of hydrogen-bond acceptors (Lipinski definition) is 4. The van der Waals surface area contributed by atoms with Crippen LogP contribution in [0.15, 0.2) is 0 Å². The average Bonchev–Trinajstić information content (AvgIpc) is 1.65. The Labute approximate surface area is 48.7 Å². The lowest BCUT2D eigenvalue weighted by Crippen LogP contribution is -2.17. The van der Waals surface area contributed by atoms with Crippen molar-refractivity contribution in [1.29, 1.82) is 0 Å². The van der Waals surface area contributed by atoms with Crippen LogP contribution in [-0.2, 0) is 4.52 Å². The number of aliphatic hydroxyl groups is 1. The molecule has 0 fully saturated rings. The Morgan fingerprint density at radius 3 is 2.38 bits per heavy atom. The highest BCUT2D eigenvalue weighted by atomic mass is 31.2. The summed E-state index contributed by atoms with van der Waals surface area (Å²) in [7, 11) is -2.90. The van der Waals surface area contributed by atoms with E-state index in [2.05, 4.69) is 4.52 Å². The standard InChI is InChI=1S/C3H7O4P/c1-2-3(4)7-8(5)6/h3-4H,2H2,1H3/q-2. The summed E-state index contributed by atoms with van der Waals surface area (Å²) in [6.45, 7) is 1.61. The highest BCUT2D eigenvalue weighted by Crippen LogP contribution is 2.16. The van der Waals surface area contributed by atoms with Crippen LogP contribution in [0.5, 0.6) is 0 Å². The summed E-state index contributed by atoms with van der Waals surface area (Å²) in [6.07, 6.45) is -0.889. The summed E-state index contributed by atoms with van der Waals surface area (Å²) < 4.78 is 3.91. The molecule has 0 spiro atoms. The largest absolute Gasteiger partial charge is 0.820 e. The van der Waals surface area contributed by atoms with Crippen LogP contribution in [-0.4, -0.2) is 11.4 Å². The SMILES string of the molecule is CCC(O)OP([O-])[O-]. The van der Waals surface area contributed by atoms with Crippen molar-refractivity contribution in [3.8, 4) is 0 Å². The molecule has 5 heteroatoms. The molecular formula is C3H7O4P-2. The van der Waals surface area contributed by atoms with Crippen LogP contribution in [0.25, 0.3) is 0 Å². The van der Waals surface area contributed by atoms with Crippen molar-refractivity contribution >= 4 is 8.60 Å². The lowest BCUT2D eigenvalue weighted by molar-refractivity contribution is -0.327. The topological polar surface area (TPSA) is 75.6 Å². The molecule has 0 aliphatic heterocycles. The third-order valence-corrected chi connectivity index (χ3v) is 0.972. The minimum atomic E-state index is -2.90. The van der Waals surface area contributed by atoms with Crippen LogP contribution < -0.4 is 9.79 Å². The van der Waals surface area contributed by atoms with Crippen LogP contribution in [0, 0.1) is 0 Å². The van der Waals surface area contributed by atoms with Crippen molar-refractivity contribution in [2.75, 3.05) is 0 Å². The van der Waals surface area contributed by atoms with E-state index in [0.29, 0.717) is 0 Å². The predicted molar refractivity (Wildman–Crippen MR) is 24.3 cm³/mol. The Balaban J connectivity index is 3.10. The normalized spacial score (nSPS) is 14.6. The molecule has 1 N–H and O–H groups in total. The maximum Gasteiger partial charge on any atom is 0.154 e. The minimum Gasteiger partial charge on any atom is -0.820 e. The van der Waals surface area contributed by atoms with Crippen molar-refractivity contribution in [1.82, 2.24) is 0 Å². The summed E-state index contributed by atoms with van der Waals surface area (Å²) in [5.74, 6) is 0. The Morgan fingerprint density at radius 2 is 2.25 bits per heavy atom. The molecule has 0 aromatic heterocycles. The summed E-state index contributed by atoms with van der Waals surface area (Å²) in [6, 6.07) is 0. The van der Waals surface area contributed by atoms with Crippen molar-refractivity contribution in [2.45, 2.75) is 19.6 Å². The molecule has 0 aromatic carbocycles. The lowest BCUT2D eigenvalue weighted by atomic mass is 10.5. The molecule has 8 heavy (non-hydrogen) atoms. The molecule has 0 aliphatic rings. The molecule has 0 heterocycles.